The molecule has 2 aromatic rings. The van der Waals surface area contributed by atoms with Gasteiger partial charge in [0.15, 0.2) is 0 Å². The third-order valence-electron chi connectivity index (χ3n) is 4.55. The van der Waals surface area contributed by atoms with Crippen LogP contribution in [0.5, 0.6) is 11.6 Å². The maximum atomic E-state index is 6.01. The van der Waals surface area contributed by atoms with Crippen LogP contribution in [0.1, 0.15) is 11.1 Å². The minimum atomic E-state index is 0.0310. The zero-order valence-electron chi connectivity index (χ0n) is 16.3. The van der Waals surface area contributed by atoms with Crippen LogP contribution in [-0.2, 0) is 6.42 Å². The molecule has 148 valence electrons. The smallest absolute Gasteiger partial charge is 0.237 e. The second-order valence-electron chi connectivity index (χ2n) is 6.51. The number of aromatic nitrogens is 1. The van der Waals surface area contributed by atoms with Crippen molar-refractivity contribution in [2.45, 2.75) is 12.5 Å². The highest BCUT2D eigenvalue weighted by molar-refractivity contribution is 6.09. The fourth-order valence-corrected chi connectivity index (χ4v) is 3.01. The van der Waals surface area contributed by atoms with Crippen molar-refractivity contribution in [3.63, 3.8) is 0 Å². The molecule has 0 amide bonds. The van der Waals surface area contributed by atoms with E-state index >= 15 is 0 Å². The summed E-state index contributed by atoms with van der Waals surface area (Å²) in [6.45, 7) is 2.35. The van der Waals surface area contributed by atoms with Crippen molar-refractivity contribution in [1.82, 2.24) is 10.3 Å². The summed E-state index contributed by atoms with van der Waals surface area (Å²) in [6.07, 6.45) is 5.97. The molecule has 1 aromatic carbocycles. The zero-order chi connectivity index (χ0) is 19.8. The van der Waals surface area contributed by atoms with Gasteiger partial charge in [0.2, 0.25) is 5.88 Å². The second-order valence-corrected chi connectivity index (χ2v) is 6.51. The number of anilines is 1. The Hall–Kier alpha value is -3.06. The zero-order valence-corrected chi connectivity index (χ0v) is 16.3. The summed E-state index contributed by atoms with van der Waals surface area (Å²) in [5, 5.41) is 6.84. The van der Waals surface area contributed by atoms with Crippen LogP contribution in [0.2, 0.25) is 0 Å². The molecule has 0 fully saturated rings. The van der Waals surface area contributed by atoms with Crippen molar-refractivity contribution >= 4 is 17.5 Å². The first-order valence-corrected chi connectivity index (χ1v) is 9.32. The number of pyridine rings is 1. The van der Waals surface area contributed by atoms with Gasteiger partial charge in [-0.2, -0.15) is 0 Å². The Morgan fingerprint density at radius 1 is 1.43 bits per heavy atom. The molecular formula is C21H27N5O2. The SMILES string of the molecule is CN=C/C(=C\N)c1cnc2c(c1)NCC(CNCCc1ccc(OC)cc1)O2. The van der Waals surface area contributed by atoms with Crippen molar-refractivity contribution in [3.05, 3.63) is 53.9 Å². The number of benzene rings is 1. The van der Waals surface area contributed by atoms with E-state index in [2.05, 4.69) is 32.7 Å². The summed E-state index contributed by atoms with van der Waals surface area (Å²) in [6, 6.07) is 10.1. The lowest BCUT2D eigenvalue weighted by atomic mass is 10.1. The Morgan fingerprint density at radius 3 is 2.96 bits per heavy atom. The Bertz CT molecular complexity index is 833. The first-order valence-electron chi connectivity index (χ1n) is 9.32. The summed E-state index contributed by atoms with van der Waals surface area (Å²) >= 11 is 0. The minimum Gasteiger partial charge on any atom is -0.497 e. The molecule has 4 N–H and O–H groups in total. The van der Waals surface area contributed by atoms with Crippen LogP contribution in [0, 0.1) is 0 Å². The molecule has 1 aromatic heterocycles. The van der Waals surface area contributed by atoms with E-state index in [1.54, 1.807) is 26.6 Å². The lowest BCUT2D eigenvalue weighted by molar-refractivity contribution is 0.194. The number of nitrogens with two attached hydrogens (primary N) is 1. The lowest BCUT2D eigenvalue weighted by Gasteiger charge is -2.27. The van der Waals surface area contributed by atoms with Crippen LogP contribution in [0.3, 0.4) is 0 Å². The number of fused-ring (bicyclic) bond motifs is 1. The van der Waals surface area contributed by atoms with Crippen LogP contribution in [0.4, 0.5) is 5.69 Å². The Balaban J connectivity index is 1.48. The predicted molar refractivity (Wildman–Crippen MR) is 113 cm³/mol. The van der Waals surface area contributed by atoms with Crippen molar-refractivity contribution in [3.8, 4) is 11.6 Å². The van der Waals surface area contributed by atoms with Crippen molar-refractivity contribution in [1.29, 1.82) is 0 Å². The summed E-state index contributed by atoms with van der Waals surface area (Å²) in [5.74, 6) is 1.49. The molecule has 0 spiro atoms. The average Bonchev–Trinajstić information content (AvgIpc) is 2.75. The molecule has 0 bridgehead atoms. The largest absolute Gasteiger partial charge is 0.497 e. The highest BCUT2D eigenvalue weighted by Crippen LogP contribution is 2.29. The van der Waals surface area contributed by atoms with E-state index in [1.807, 2.05) is 18.2 Å². The van der Waals surface area contributed by atoms with Crippen molar-refractivity contribution < 1.29 is 9.47 Å². The van der Waals surface area contributed by atoms with E-state index in [4.69, 9.17) is 15.2 Å². The summed E-state index contributed by atoms with van der Waals surface area (Å²) in [4.78, 5) is 8.44. The van der Waals surface area contributed by atoms with Gasteiger partial charge in [-0.05, 0) is 36.7 Å². The monoisotopic (exact) mass is 381 g/mol. The number of ether oxygens (including phenoxy) is 2. The number of hydrogen-bond donors (Lipinski definition) is 3. The van der Waals surface area contributed by atoms with E-state index in [0.29, 0.717) is 5.88 Å². The molecule has 7 nitrogen and oxygen atoms in total. The van der Waals surface area contributed by atoms with Crippen LogP contribution < -0.4 is 25.8 Å². The Kier molecular flexibility index (Phi) is 6.86. The molecule has 1 atom stereocenters. The standard InChI is InChI=1S/C21H27N5O2/c1-23-11-17(10-22)16-9-20-21(26-12-16)28-19(14-25-20)13-24-8-7-15-3-5-18(27-2)6-4-15/h3-6,9-12,19,24-25H,7-8,13-14,22H2,1-2H3/b17-10+,23-11?. The normalized spacial score (nSPS) is 16.4. The van der Waals surface area contributed by atoms with Gasteiger partial charge in [-0.15, -0.1) is 0 Å². The first kappa shape index (κ1) is 19.7. The number of hydrogen-bond acceptors (Lipinski definition) is 7. The van der Waals surface area contributed by atoms with E-state index in [1.165, 1.54) is 11.8 Å². The molecule has 0 saturated heterocycles. The van der Waals surface area contributed by atoms with E-state index in [9.17, 15) is 0 Å². The van der Waals surface area contributed by atoms with Gasteiger partial charge in [-0.1, -0.05) is 12.1 Å². The summed E-state index contributed by atoms with van der Waals surface area (Å²) in [7, 11) is 3.39. The molecule has 28 heavy (non-hydrogen) atoms. The van der Waals surface area contributed by atoms with Gasteiger partial charge in [0.1, 0.15) is 11.9 Å². The maximum Gasteiger partial charge on any atom is 0.237 e. The van der Waals surface area contributed by atoms with Gasteiger partial charge in [0.25, 0.3) is 0 Å². The molecule has 7 heteroatoms. The molecule has 3 rings (SSSR count). The maximum absolute atomic E-state index is 6.01. The van der Waals surface area contributed by atoms with Crippen LogP contribution >= 0.6 is 0 Å². The van der Waals surface area contributed by atoms with Gasteiger partial charge < -0.3 is 25.8 Å². The number of allylic oxidation sites excluding steroid dienone is 1. The number of aliphatic imine (C=N–C) groups is 1. The quantitative estimate of drug-likeness (QED) is 0.479. The van der Waals surface area contributed by atoms with Gasteiger partial charge >= 0.3 is 0 Å². The highest BCUT2D eigenvalue weighted by Gasteiger charge is 2.20. The third kappa shape index (κ3) is 5.01. The molecule has 1 unspecified atom stereocenters. The van der Waals surface area contributed by atoms with Crippen LogP contribution in [-0.4, -0.2) is 51.1 Å². The first-order chi connectivity index (χ1) is 13.7. The van der Waals surface area contributed by atoms with Gasteiger partial charge in [-0.25, -0.2) is 4.98 Å². The fourth-order valence-electron chi connectivity index (χ4n) is 3.01. The molecule has 2 heterocycles. The van der Waals surface area contributed by atoms with Crippen molar-refractivity contribution in [2.75, 3.05) is 39.1 Å². The molecule has 0 radical (unpaired) electrons. The topological polar surface area (TPSA) is 93.8 Å². The number of nitrogens with zero attached hydrogens (tertiary/aromatic N) is 2. The summed E-state index contributed by atoms with van der Waals surface area (Å²) < 4.78 is 11.2. The molecule has 1 aliphatic rings. The Labute approximate surface area is 165 Å². The highest BCUT2D eigenvalue weighted by atomic mass is 16.5. The molecule has 0 saturated carbocycles. The van der Waals surface area contributed by atoms with Gasteiger partial charge in [0, 0.05) is 43.3 Å². The number of methoxy groups -OCH3 is 1. The molecule has 0 aliphatic carbocycles. The van der Waals surface area contributed by atoms with E-state index in [0.717, 1.165) is 48.6 Å². The van der Waals surface area contributed by atoms with E-state index < -0.39 is 0 Å². The lowest BCUT2D eigenvalue weighted by Crippen LogP contribution is -2.40. The predicted octanol–water partition coefficient (Wildman–Crippen LogP) is 2.10. The molecule has 1 aliphatic heterocycles. The van der Waals surface area contributed by atoms with Crippen LogP contribution in [0.25, 0.3) is 5.57 Å². The summed E-state index contributed by atoms with van der Waals surface area (Å²) in [5.41, 5.74) is 9.53. The van der Waals surface area contributed by atoms with Gasteiger partial charge in [-0.3, -0.25) is 4.99 Å². The number of nitrogens with one attached hydrogen (secondary N) is 2. The Morgan fingerprint density at radius 2 is 2.25 bits per heavy atom. The van der Waals surface area contributed by atoms with E-state index in [-0.39, 0.29) is 6.10 Å². The minimum absolute atomic E-state index is 0.0310. The van der Waals surface area contributed by atoms with Gasteiger partial charge in [0.05, 0.1) is 19.3 Å². The molecular weight excluding hydrogens is 354 g/mol. The fraction of sp³-hybridized carbons (Fsp3) is 0.333. The third-order valence-corrected chi connectivity index (χ3v) is 4.55. The van der Waals surface area contributed by atoms with Crippen molar-refractivity contribution in [2.24, 2.45) is 10.7 Å². The number of rotatable bonds is 8. The second kappa shape index (κ2) is 9.75. The van der Waals surface area contributed by atoms with Crippen LogP contribution in [0.15, 0.2) is 47.7 Å². The average molecular weight is 381 g/mol.